The normalized spacial score (nSPS) is 10.6. The molecule has 0 aliphatic rings. The van der Waals surface area contributed by atoms with Crippen LogP contribution in [0.15, 0.2) is 52.2 Å². The summed E-state index contributed by atoms with van der Waals surface area (Å²) >= 11 is 3.36. The van der Waals surface area contributed by atoms with Crippen LogP contribution in [0.5, 0.6) is 5.75 Å². The molecule has 0 atom stereocenters. The highest BCUT2D eigenvalue weighted by Gasteiger charge is 1.98. The van der Waals surface area contributed by atoms with E-state index in [1.54, 1.807) is 60.4 Å². The third-order valence-electron chi connectivity index (χ3n) is 2.74. The third-order valence-corrected chi connectivity index (χ3v) is 3.23. The molecule has 22 heavy (non-hydrogen) atoms. The fourth-order valence-corrected chi connectivity index (χ4v) is 2.07. The number of rotatable bonds is 3. The Kier molecular flexibility index (Phi) is 5.55. The maximum atomic E-state index is 11.2. The van der Waals surface area contributed by atoms with Gasteiger partial charge in [0.05, 0.1) is 12.0 Å². The molecule has 1 heterocycles. The van der Waals surface area contributed by atoms with Crippen LogP contribution in [0.25, 0.3) is 12.3 Å². The summed E-state index contributed by atoms with van der Waals surface area (Å²) in [5, 5.41) is 10.3. The Hall–Kier alpha value is -2.34. The van der Waals surface area contributed by atoms with Gasteiger partial charge in [0, 0.05) is 28.6 Å². The lowest BCUT2D eigenvalue weighted by Crippen LogP contribution is -2.08. The highest BCUT2D eigenvalue weighted by Crippen LogP contribution is 2.23. The van der Waals surface area contributed by atoms with Crippen molar-refractivity contribution < 1.29 is 14.6 Å². The zero-order valence-electron chi connectivity index (χ0n) is 11.9. The Bertz CT molecular complexity index is 746. The zero-order chi connectivity index (χ0) is 15.9. The molecule has 1 aromatic heterocycles. The predicted octanol–water partition coefficient (Wildman–Crippen LogP) is 3.64. The lowest BCUT2D eigenvalue weighted by Gasteiger charge is -2.01. The first-order chi connectivity index (χ1) is 10.6. The minimum Gasteiger partial charge on any atom is -0.507 e. The van der Waals surface area contributed by atoms with Gasteiger partial charge in [-0.1, -0.05) is 15.9 Å². The van der Waals surface area contributed by atoms with Crippen LogP contribution in [-0.2, 0) is 4.74 Å². The summed E-state index contributed by atoms with van der Waals surface area (Å²) in [6.45, 7) is 2.03. The third kappa shape index (κ3) is 4.60. The molecule has 0 saturated heterocycles. The summed E-state index contributed by atoms with van der Waals surface area (Å²) in [6, 6.07) is 8.60. The minimum absolute atomic E-state index is 0.203. The Morgan fingerprint density at radius 2 is 2.09 bits per heavy atom. The van der Waals surface area contributed by atoms with Gasteiger partial charge in [-0.3, -0.25) is 0 Å². The molecule has 2 rings (SSSR count). The van der Waals surface area contributed by atoms with Gasteiger partial charge in [-0.05, 0) is 43.3 Å². The zero-order valence-corrected chi connectivity index (χ0v) is 13.5. The van der Waals surface area contributed by atoms with Gasteiger partial charge in [0.2, 0.25) is 0 Å². The summed E-state index contributed by atoms with van der Waals surface area (Å²) < 4.78 is 7.42. The van der Waals surface area contributed by atoms with E-state index in [0.717, 1.165) is 4.47 Å². The summed E-state index contributed by atoms with van der Waals surface area (Å²) in [5.41, 5.74) is 0.696. The smallest absolute Gasteiger partial charge is 0.434 e. The average molecular weight is 363 g/mol. The van der Waals surface area contributed by atoms with Gasteiger partial charge in [0.25, 0.3) is 0 Å². The standard InChI is InChI=1S/C16H15BrN2O3/c1-2-22-16(21)18-14-6-9-19(10-7-14)8-5-12-11-13(17)3-4-15(12)20/h3-11,20H,2H2,1H3/b8-5+. The number of ether oxygens (including phenoxy) is 1. The van der Waals surface area contributed by atoms with E-state index in [9.17, 15) is 9.90 Å². The Labute approximate surface area is 136 Å². The molecule has 0 bridgehead atoms. The number of halogens is 1. The van der Waals surface area contributed by atoms with Crippen LogP contribution in [0, 0.1) is 0 Å². The molecule has 1 N–H and O–H groups in total. The highest BCUT2D eigenvalue weighted by atomic mass is 79.9. The van der Waals surface area contributed by atoms with Crippen molar-refractivity contribution in [2.75, 3.05) is 6.61 Å². The number of amides is 1. The van der Waals surface area contributed by atoms with E-state index in [-0.39, 0.29) is 5.75 Å². The van der Waals surface area contributed by atoms with Gasteiger partial charge in [-0.2, -0.15) is 4.99 Å². The van der Waals surface area contributed by atoms with Crippen molar-refractivity contribution in [1.82, 2.24) is 4.57 Å². The van der Waals surface area contributed by atoms with Gasteiger partial charge >= 0.3 is 6.09 Å². The number of aromatic hydroxyl groups is 1. The van der Waals surface area contributed by atoms with Crippen LogP contribution < -0.4 is 5.36 Å². The van der Waals surface area contributed by atoms with Gasteiger partial charge in [0.15, 0.2) is 0 Å². The molecule has 0 unspecified atom stereocenters. The number of aromatic nitrogens is 1. The van der Waals surface area contributed by atoms with E-state index in [0.29, 0.717) is 17.5 Å². The second kappa shape index (κ2) is 7.61. The van der Waals surface area contributed by atoms with E-state index in [1.807, 2.05) is 6.07 Å². The monoisotopic (exact) mass is 362 g/mol. The fourth-order valence-electron chi connectivity index (χ4n) is 1.69. The van der Waals surface area contributed by atoms with Crippen LogP contribution in [-0.4, -0.2) is 22.4 Å². The fraction of sp³-hybridized carbons (Fsp3) is 0.125. The Balaban J connectivity index is 2.16. The number of phenols is 1. The van der Waals surface area contributed by atoms with Gasteiger partial charge in [-0.15, -0.1) is 0 Å². The lowest BCUT2D eigenvalue weighted by atomic mass is 10.2. The molecule has 5 nitrogen and oxygen atoms in total. The van der Waals surface area contributed by atoms with Crippen molar-refractivity contribution in [2.45, 2.75) is 6.92 Å². The first-order valence-electron chi connectivity index (χ1n) is 6.64. The number of hydrogen-bond donors (Lipinski definition) is 1. The van der Waals surface area contributed by atoms with Crippen molar-refractivity contribution in [3.63, 3.8) is 0 Å². The first-order valence-corrected chi connectivity index (χ1v) is 7.44. The maximum absolute atomic E-state index is 11.2. The molecule has 1 aromatic carbocycles. The summed E-state index contributed by atoms with van der Waals surface area (Å²) in [5.74, 6) is 0.203. The van der Waals surface area contributed by atoms with E-state index in [2.05, 4.69) is 20.9 Å². The molecule has 1 amide bonds. The SMILES string of the molecule is CCOC(=O)N=c1ccn(/C=C/c2cc(Br)ccc2O)cc1. The summed E-state index contributed by atoms with van der Waals surface area (Å²) in [4.78, 5) is 15.0. The number of benzene rings is 1. The molecule has 0 saturated carbocycles. The molecule has 0 aliphatic carbocycles. The Morgan fingerprint density at radius 1 is 1.36 bits per heavy atom. The molecular formula is C16H15BrN2O3. The average Bonchev–Trinajstić information content (AvgIpc) is 2.50. The molecule has 2 aromatic rings. The lowest BCUT2D eigenvalue weighted by molar-refractivity contribution is 0.162. The molecule has 0 aliphatic heterocycles. The molecule has 0 fully saturated rings. The number of carbonyl (C=O) groups is 1. The van der Waals surface area contributed by atoms with Crippen molar-refractivity contribution in [3.05, 3.63) is 58.1 Å². The minimum atomic E-state index is -0.602. The number of hydrogen-bond acceptors (Lipinski definition) is 3. The predicted molar refractivity (Wildman–Crippen MR) is 88.0 cm³/mol. The van der Waals surface area contributed by atoms with Crippen LogP contribution >= 0.6 is 15.9 Å². The largest absolute Gasteiger partial charge is 0.507 e. The molecule has 0 spiro atoms. The van der Waals surface area contributed by atoms with E-state index in [4.69, 9.17) is 4.74 Å². The number of pyridine rings is 1. The van der Waals surface area contributed by atoms with Gasteiger partial charge in [0.1, 0.15) is 5.75 Å². The first kappa shape index (κ1) is 16.0. The summed E-state index contributed by atoms with van der Waals surface area (Å²) in [6.07, 6.45) is 6.47. The van der Waals surface area contributed by atoms with Gasteiger partial charge < -0.3 is 14.4 Å². The van der Waals surface area contributed by atoms with E-state index in [1.165, 1.54) is 0 Å². The van der Waals surface area contributed by atoms with Crippen molar-refractivity contribution >= 4 is 34.3 Å². The van der Waals surface area contributed by atoms with Crippen molar-refractivity contribution in [2.24, 2.45) is 4.99 Å². The van der Waals surface area contributed by atoms with Crippen LogP contribution in [0.1, 0.15) is 12.5 Å². The number of nitrogens with zero attached hydrogens (tertiary/aromatic N) is 2. The van der Waals surface area contributed by atoms with Crippen LogP contribution in [0.4, 0.5) is 4.79 Å². The number of carbonyl (C=O) groups excluding carboxylic acids is 1. The highest BCUT2D eigenvalue weighted by molar-refractivity contribution is 9.10. The Morgan fingerprint density at radius 3 is 2.77 bits per heavy atom. The van der Waals surface area contributed by atoms with Crippen LogP contribution in [0.3, 0.4) is 0 Å². The van der Waals surface area contributed by atoms with Crippen LogP contribution in [0.2, 0.25) is 0 Å². The van der Waals surface area contributed by atoms with E-state index >= 15 is 0 Å². The second-order valence-corrected chi connectivity index (χ2v) is 5.25. The van der Waals surface area contributed by atoms with Crippen molar-refractivity contribution in [3.8, 4) is 5.75 Å². The van der Waals surface area contributed by atoms with E-state index < -0.39 is 6.09 Å². The summed E-state index contributed by atoms with van der Waals surface area (Å²) in [7, 11) is 0. The topological polar surface area (TPSA) is 63.8 Å². The van der Waals surface area contributed by atoms with Crippen molar-refractivity contribution in [1.29, 1.82) is 0 Å². The molecule has 114 valence electrons. The molecular weight excluding hydrogens is 348 g/mol. The molecule has 6 heteroatoms. The maximum Gasteiger partial charge on any atom is 0.434 e. The second-order valence-electron chi connectivity index (χ2n) is 4.33. The number of phenolic OH excluding ortho intramolecular Hbond substituents is 1. The quantitative estimate of drug-likeness (QED) is 0.906. The van der Waals surface area contributed by atoms with Gasteiger partial charge in [-0.25, -0.2) is 4.79 Å². The molecule has 0 radical (unpaired) electrons.